The third-order valence-corrected chi connectivity index (χ3v) is 5.02. The third kappa shape index (κ3) is 2.55. The molecule has 9 heteroatoms. The van der Waals surface area contributed by atoms with Gasteiger partial charge in [0.2, 0.25) is 6.29 Å². The summed E-state index contributed by atoms with van der Waals surface area (Å²) in [4.78, 5) is 25.2. The van der Waals surface area contributed by atoms with Gasteiger partial charge in [0.15, 0.2) is 17.2 Å². The van der Waals surface area contributed by atoms with Gasteiger partial charge in [-0.1, -0.05) is 0 Å². The number of aliphatic hydroxyl groups excluding tert-OH is 2. The molecule has 0 saturated carbocycles. The fraction of sp³-hybridized carbons (Fsp3) is 0.300. The van der Waals surface area contributed by atoms with Crippen LogP contribution in [0.4, 0.5) is 0 Å². The minimum absolute atomic E-state index is 0.0126. The van der Waals surface area contributed by atoms with Gasteiger partial charge in [0, 0.05) is 5.56 Å². The second-order valence-electron chi connectivity index (χ2n) is 6.59. The van der Waals surface area contributed by atoms with E-state index in [4.69, 9.17) is 23.7 Å². The summed E-state index contributed by atoms with van der Waals surface area (Å²) in [6.07, 6.45) is -1.63. The Morgan fingerprint density at radius 3 is 2.34 bits per heavy atom. The molecule has 2 aliphatic rings. The fourth-order valence-electron chi connectivity index (χ4n) is 3.70. The van der Waals surface area contributed by atoms with E-state index in [2.05, 4.69) is 0 Å². The number of methoxy groups -OCH3 is 2. The van der Waals surface area contributed by atoms with Gasteiger partial charge < -0.3 is 33.9 Å². The van der Waals surface area contributed by atoms with Crippen LogP contribution in [0.3, 0.4) is 0 Å². The Hall–Kier alpha value is -3.30. The molecule has 9 nitrogen and oxygen atoms in total. The Bertz CT molecular complexity index is 1070. The van der Waals surface area contributed by atoms with Crippen LogP contribution < -0.4 is 18.9 Å². The zero-order valence-corrected chi connectivity index (χ0v) is 16.1. The van der Waals surface area contributed by atoms with Crippen molar-refractivity contribution in [2.24, 2.45) is 0 Å². The number of aliphatic hydroxyl groups is 2. The minimum Gasteiger partial charge on any atom is -0.496 e. The van der Waals surface area contributed by atoms with Gasteiger partial charge in [0.05, 0.1) is 32.0 Å². The van der Waals surface area contributed by atoms with E-state index in [1.54, 1.807) is 19.9 Å². The van der Waals surface area contributed by atoms with Crippen molar-refractivity contribution in [3.05, 3.63) is 39.4 Å². The number of carbonyl (C=O) groups is 2. The van der Waals surface area contributed by atoms with Gasteiger partial charge >= 0.3 is 11.9 Å². The van der Waals surface area contributed by atoms with Crippen molar-refractivity contribution in [3.8, 4) is 28.7 Å². The predicted octanol–water partition coefficient (Wildman–Crippen LogP) is 2.30. The van der Waals surface area contributed by atoms with Crippen molar-refractivity contribution in [1.29, 1.82) is 0 Å². The maximum absolute atomic E-state index is 12.9. The fourth-order valence-corrected chi connectivity index (χ4v) is 3.70. The van der Waals surface area contributed by atoms with Crippen LogP contribution in [0.15, 0.2) is 6.07 Å². The van der Waals surface area contributed by atoms with Crippen LogP contribution in [0, 0.1) is 13.8 Å². The second-order valence-corrected chi connectivity index (χ2v) is 6.59. The van der Waals surface area contributed by atoms with Crippen LogP contribution in [-0.4, -0.2) is 36.4 Å². The van der Waals surface area contributed by atoms with E-state index >= 15 is 0 Å². The summed E-state index contributed by atoms with van der Waals surface area (Å²) >= 11 is 0. The summed E-state index contributed by atoms with van der Waals surface area (Å²) in [5.41, 5.74) is 1.11. The molecule has 2 aromatic rings. The van der Waals surface area contributed by atoms with Crippen LogP contribution in [0.2, 0.25) is 0 Å². The molecule has 2 N–H and O–H groups in total. The Kier molecular flexibility index (Phi) is 4.36. The van der Waals surface area contributed by atoms with Gasteiger partial charge in [-0.15, -0.1) is 0 Å². The first-order chi connectivity index (χ1) is 13.8. The molecule has 2 heterocycles. The molecule has 1 atom stereocenters. The SMILES string of the molecule is COc1cc(C)c2c(c1CO)Oc1c(c(C)c(OC)c3c1C(O)OC3=O)OC2=O. The van der Waals surface area contributed by atoms with Crippen molar-refractivity contribution in [3.63, 3.8) is 0 Å². The van der Waals surface area contributed by atoms with Crippen molar-refractivity contribution in [2.75, 3.05) is 14.2 Å². The average molecular weight is 402 g/mol. The van der Waals surface area contributed by atoms with Crippen LogP contribution >= 0.6 is 0 Å². The van der Waals surface area contributed by atoms with E-state index in [0.29, 0.717) is 16.9 Å². The van der Waals surface area contributed by atoms with Gasteiger partial charge in [-0.25, -0.2) is 9.59 Å². The number of cyclic esters (lactones) is 1. The topological polar surface area (TPSA) is 121 Å². The highest BCUT2D eigenvalue weighted by Gasteiger charge is 2.43. The van der Waals surface area contributed by atoms with Crippen LogP contribution in [0.1, 0.15) is 49.3 Å². The van der Waals surface area contributed by atoms with Crippen molar-refractivity contribution >= 4 is 11.9 Å². The summed E-state index contributed by atoms with van der Waals surface area (Å²) in [5.74, 6) is -1.15. The molecule has 0 fully saturated rings. The van der Waals surface area contributed by atoms with E-state index in [0.717, 1.165) is 0 Å². The lowest BCUT2D eigenvalue weighted by Crippen LogP contribution is -2.12. The summed E-state index contributed by atoms with van der Waals surface area (Å²) < 4.78 is 27.1. The summed E-state index contributed by atoms with van der Waals surface area (Å²) in [6, 6.07) is 1.59. The smallest absolute Gasteiger partial charge is 0.347 e. The number of benzene rings is 2. The van der Waals surface area contributed by atoms with E-state index in [1.807, 2.05) is 0 Å². The van der Waals surface area contributed by atoms with Crippen LogP contribution in [0.25, 0.3) is 0 Å². The largest absolute Gasteiger partial charge is 0.496 e. The molecule has 0 spiro atoms. The lowest BCUT2D eigenvalue weighted by Gasteiger charge is -2.18. The predicted molar refractivity (Wildman–Crippen MR) is 96.8 cm³/mol. The Morgan fingerprint density at radius 2 is 1.72 bits per heavy atom. The first kappa shape index (κ1) is 19.0. The number of ether oxygens (including phenoxy) is 5. The maximum Gasteiger partial charge on any atom is 0.347 e. The number of rotatable bonds is 3. The molecule has 29 heavy (non-hydrogen) atoms. The first-order valence-corrected chi connectivity index (χ1v) is 8.68. The highest BCUT2D eigenvalue weighted by molar-refractivity contribution is 6.02. The lowest BCUT2D eigenvalue weighted by atomic mass is 10.0. The molecule has 0 aliphatic carbocycles. The molecule has 2 aliphatic heterocycles. The van der Waals surface area contributed by atoms with E-state index in [1.165, 1.54) is 14.2 Å². The number of aryl methyl sites for hydroxylation is 1. The number of carbonyl (C=O) groups excluding carboxylic acids is 2. The van der Waals surface area contributed by atoms with Gasteiger partial charge in [-0.3, -0.25) is 0 Å². The maximum atomic E-state index is 12.9. The molecular formula is C20H18O9. The molecule has 0 amide bonds. The highest BCUT2D eigenvalue weighted by atomic mass is 16.6. The monoisotopic (exact) mass is 402 g/mol. The molecule has 2 aromatic carbocycles. The molecule has 152 valence electrons. The van der Waals surface area contributed by atoms with Gasteiger partial charge in [-0.2, -0.15) is 0 Å². The van der Waals surface area contributed by atoms with Gasteiger partial charge in [0.25, 0.3) is 0 Å². The van der Waals surface area contributed by atoms with Crippen molar-refractivity contribution < 1.29 is 43.5 Å². The quantitative estimate of drug-likeness (QED) is 0.588. The third-order valence-electron chi connectivity index (χ3n) is 5.02. The van der Waals surface area contributed by atoms with Crippen molar-refractivity contribution in [2.45, 2.75) is 26.7 Å². The van der Waals surface area contributed by atoms with E-state index in [9.17, 15) is 19.8 Å². The molecular weight excluding hydrogens is 384 g/mol. The molecule has 0 saturated heterocycles. The Morgan fingerprint density at radius 1 is 1.00 bits per heavy atom. The molecule has 0 bridgehead atoms. The Balaban J connectivity index is 2.08. The number of esters is 2. The Labute approximate surface area is 165 Å². The first-order valence-electron chi connectivity index (χ1n) is 8.68. The minimum atomic E-state index is -1.63. The summed E-state index contributed by atoms with van der Waals surface area (Å²) in [6.45, 7) is 2.77. The highest BCUT2D eigenvalue weighted by Crippen LogP contribution is 2.54. The zero-order chi connectivity index (χ0) is 21.0. The molecule has 0 aromatic heterocycles. The summed E-state index contributed by atoms with van der Waals surface area (Å²) in [5, 5.41) is 20.2. The zero-order valence-electron chi connectivity index (χ0n) is 16.1. The van der Waals surface area contributed by atoms with Crippen molar-refractivity contribution in [1.82, 2.24) is 0 Å². The van der Waals surface area contributed by atoms with Gasteiger partial charge in [-0.05, 0) is 25.5 Å². The standard InChI is InChI=1S/C20H18O9/c1-7-5-10(25-3)9(6-21)16-11(7)18(22)28-15-8(2)14(26-4)12-13(17(15)27-16)20(24)29-19(12)23/h5,20-21,24H,6H2,1-4H3. The van der Waals surface area contributed by atoms with Crippen LogP contribution in [0.5, 0.6) is 28.7 Å². The molecule has 1 unspecified atom stereocenters. The van der Waals surface area contributed by atoms with Gasteiger partial charge in [0.1, 0.15) is 22.6 Å². The molecule has 0 radical (unpaired) electrons. The number of fused-ring (bicyclic) bond motifs is 4. The molecule has 4 rings (SSSR count). The summed E-state index contributed by atoms with van der Waals surface area (Å²) in [7, 11) is 2.77. The lowest BCUT2D eigenvalue weighted by molar-refractivity contribution is -0.0555. The second kappa shape index (κ2) is 6.64. The number of hydrogen-bond donors (Lipinski definition) is 2. The normalized spacial score (nSPS) is 16.7. The van der Waals surface area contributed by atoms with E-state index < -0.39 is 24.8 Å². The van der Waals surface area contributed by atoms with Crippen LogP contribution in [-0.2, 0) is 11.3 Å². The number of hydrogen-bond acceptors (Lipinski definition) is 9. The average Bonchev–Trinajstić information content (AvgIpc) is 2.88. The van der Waals surface area contributed by atoms with E-state index in [-0.39, 0.29) is 45.3 Å².